The quantitative estimate of drug-likeness (QED) is 0.888. The second-order valence-electron chi connectivity index (χ2n) is 6.74. The summed E-state index contributed by atoms with van der Waals surface area (Å²) in [5.41, 5.74) is 3.31. The molecule has 1 fully saturated rings. The zero-order valence-corrected chi connectivity index (χ0v) is 15.3. The molecule has 0 radical (unpaired) electrons. The number of nitrogens with one attached hydrogen (secondary N) is 1. The first-order valence-corrected chi connectivity index (χ1v) is 8.37. The van der Waals surface area contributed by atoms with Gasteiger partial charge in [0, 0.05) is 50.9 Å². The number of hydrogen-bond acceptors (Lipinski definition) is 4. The van der Waals surface area contributed by atoms with Gasteiger partial charge < -0.3 is 10.2 Å². The maximum atomic E-state index is 12.7. The van der Waals surface area contributed by atoms with Crippen molar-refractivity contribution in [2.45, 2.75) is 33.2 Å². The molecule has 2 amide bonds. The summed E-state index contributed by atoms with van der Waals surface area (Å²) in [6.07, 6.45) is 1.87. The van der Waals surface area contributed by atoms with Crippen molar-refractivity contribution < 1.29 is 9.59 Å². The Morgan fingerprint density at radius 2 is 1.92 bits per heavy atom. The van der Waals surface area contributed by atoms with E-state index >= 15 is 0 Å². The van der Waals surface area contributed by atoms with Gasteiger partial charge in [-0.1, -0.05) is 0 Å². The third-order valence-corrected chi connectivity index (χ3v) is 4.70. The lowest BCUT2D eigenvalue weighted by Gasteiger charge is -2.16. The van der Waals surface area contributed by atoms with Crippen LogP contribution in [-0.2, 0) is 25.4 Å². The fourth-order valence-electron chi connectivity index (χ4n) is 2.81. The molecule has 2 heterocycles. The molecule has 0 atom stereocenters. The summed E-state index contributed by atoms with van der Waals surface area (Å²) in [6.45, 7) is 4.39. The lowest BCUT2D eigenvalue weighted by atomic mass is 10.2. The van der Waals surface area contributed by atoms with Gasteiger partial charge in [0.1, 0.15) is 5.82 Å². The standard InChI is InChI=1S/C17H24N6O2/c1-10-13(11(2)22(4)19-10)9-21(3)17(25)14-8-15(23(5)20-14)18-16(24)12-6-7-12/h8,12H,6-7,9H2,1-5H3,(H,18,24). The van der Waals surface area contributed by atoms with E-state index in [1.807, 2.05) is 25.6 Å². The number of rotatable bonds is 5. The van der Waals surface area contributed by atoms with Crippen LogP contribution in [0.5, 0.6) is 0 Å². The van der Waals surface area contributed by atoms with E-state index in [0.29, 0.717) is 18.1 Å². The van der Waals surface area contributed by atoms with E-state index in [2.05, 4.69) is 15.5 Å². The predicted molar refractivity (Wildman–Crippen MR) is 93.0 cm³/mol. The summed E-state index contributed by atoms with van der Waals surface area (Å²) < 4.78 is 3.34. The largest absolute Gasteiger partial charge is 0.336 e. The van der Waals surface area contributed by atoms with E-state index in [9.17, 15) is 9.59 Å². The highest BCUT2D eigenvalue weighted by Gasteiger charge is 2.30. The smallest absolute Gasteiger partial charge is 0.274 e. The van der Waals surface area contributed by atoms with Gasteiger partial charge in [0.15, 0.2) is 5.69 Å². The van der Waals surface area contributed by atoms with Gasteiger partial charge in [0.2, 0.25) is 5.91 Å². The molecule has 2 aromatic heterocycles. The summed E-state index contributed by atoms with van der Waals surface area (Å²) >= 11 is 0. The van der Waals surface area contributed by atoms with Crippen molar-refractivity contribution in [3.05, 3.63) is 28.7 Å². The average molecular weight is 344 g/mol. The van der Waals surface area contributed by atoms with Crippen LogP contribution in [0.3, 0.4) is 0 Å². The summed E-state index contributed by atoms with van der Waals surface area (Å²) in [5.74, 6) is 0.456. The summed E-state index contributed by atoms with van der Waals surface area (Å²) in [6, 6.07) is 1.63. The fraction of sp³-hybridized carbons (Fsp3) is 0.529. The van der Waals surface area contributed by atoms with Crippen LogP contribution in [0.25, 0.3) is 0 Å². The Bertz CT molecular complexity index is 831. The molecule has 0 spiro atoms. The minimum atomic E-state index is -0.190. The Hall–Kier alpha value is -2.64. The van der Waals surface area contributed by atoms with Gasteiger partial charge in [0.25, 0.3) is 5.91 Å². The number of carbonyl (C=O) groups excluding carboxylic acids is 2. The first-order chi connectivity index (χ1) is 11.8. The first kappa shape index (κ1) is 17.2. The van der Waals surface area contributed by atoms with Crippen LogP contribution in [0, 0.1) is 19.8 Å². The first-order valence-electron chi connectivity index (χ1n) is 8.37. The molecule has 8 nitrogen and oxygen atoms in total. The van der Waals surface area contributed by atoms with Crippen LogP contribution in [-0.4, -0.2) is 43.3 Å². The van der Waals surface area contributed by atoms with Gasteiger partial charge in [0.05, 0.1) is 5.69 Å². The molecule has 0 bridgehead atoms. The third kappa shape index (κ3) is 3.42. The summed E-state index contributed by atoms with van der Waals surface area (Å²) in [5, 5.41) is 11.5. The number of aromatic nitrogens is 4. The highest BCUT2D eigenvalue weighted by atomic mass is 16.2. The molecule has 1 aliphatic carbocycles. The van der Waals surface area contributed by atoms with Crippen molar-refractivity contribution in [2.24, 2.45) is 20.0 Å². The van der Waals surface area contributed by atoms with E-state index < -0.39 is 0 Å². The SMILES string of the molecule is Cc1nn(C)c(C)c1CN(C)C(=O)c1cc(NC(=O)C2CC2)n(C)n1. The Morgan fingerprint density at radius 1 is 1.24 bits per heavy atom. The molecule has 0 aliphatic heterocycles. The van der Waals surface area contributed by atoms with Crippen LogP contribution < -0.4 is 5.32 Å². The molecule has 3 rings (SSSR count). The monoisotopic (exact) mass is 344 g/mol. The van der Waals surface area contributed by atoms with Crippen molar-refractivity contribution in [2.75, 3.05) is 12.4 Å². The minimum absolute atomic E-state index is 0.00281. The molecule has 0 unspecified atom stereocenters. The molecular weight excluding hydrogens is 320 g/mol. The van der Waals surface area contributed by atoms with Gasteiger partial charge in [-0.2, -0.15) is 10.2 Å². The Balaban J connectivity index is 1.72. The molecular formula is C17H24N6O2. The minimum Gasteiger partial charge on any atom is -0.336 e. The lowest BCUT2D eigenvalue weighted by molar-refractivity contribution is -0.117. The second kappa shape index (κ2) is 6.34. The number of anilines is 1. The predicted octanol–water partition coefficient (Wildman–Crippen LogP) is 1.39. The van der Waals surface area contributed by atoms with E-state index in [4.69, 9.17) is 0 Å². The van der Waals surface area contributed by atoms with Gasteiger partial charge >= 0.3 is 0 Å². The normalized spacial score (nSPS) is 13.8. The summed E-state index contributed by atoms with van der Waals surface area (Å²) in [4.78, 5) is 26.2. The number of hydrogen-bond donors (Lipinski definition) is 1. The molecule has 134 valence electrons. The Kier molecular flexibility index (Phi) is 4.36. The molecule has 25 heavy (non-hydrogen) atoms. The molecule has 0 saturated heterocycles. The van der Waals surface area contributed by atoms with Crippen molar-refractivity contribution in [1.29, 1.82) is 0 Å². The van der Waals surface area contributed by atoms with Crippen LogP contribution in [0.15, 0.2) is 6.07 Å². The topological polar surface area (TPSA) is 85.0 Å². The van der Waals surface area contributed by atoms with Crippen LogP contribution >= 0.6 is 0 Å². The molecule has 1 aliphatic rings. The van der Waals surface area contributed by atoms with Crippen molar-refractivity contribution in [3.63, 3.8) is 0 Å². The zero-order valence-electron chi connectivity index (χ0n) is 15.3. The van der Waals surface area contributed by atoms with Crippen LogP contribution in [0.2, 0.25) is 0 Å². The van der Waals surface area contributed by atoms with Gasteiger partial charge in [-0.25, -0.2) is 0 Å². The van der Waals surface area contributed by atoms with Gasteiger partial charge in [-0.15, -0.1) is 0 Å². The maximum absolute atomic E-state index is 12.7. The van der Waals surface area contributed by atoms with Gasteiger partial charge in [-0.05, 0) is 26.7 Å². The van der Waals surface area contributed by atoms with E-state index in [1.54, 1.807) is 25.1 Å². The number of carbonyl (C=O) groups is 2. The van der Waals surface area contributed by atoms with Crippen molar-refractivity contribution in [3.8, 4) is 0 Å². The number of aryl methyl sites for hydroxylation is 3. The van der Waals surface area contributed by atoms with Crippen LogP contribution in [0.4, 0.5) is 5.82 Å². The van der Waals surface area contributed by atoms with Crippen molar-refractivity contribution >= 4 is 17.6 Å². The lowest BCUT2D eigenvalue weighted by Crippen LogP contribution is -2.27. The molecule has 0 aromatic carbocycles. The molecule has 8 heteroatoms. The van der Waals surface area contributed by atoms with Crippen molar-refractivity contribution in [1.82, 2.24) is 24.5 Å². The molecule has 1 N–H and O–H groups in total. The molecule has 2 aromatic rings. The Labute approximate surface area is 146 Å². The highest BCUT2D eigenvalue weighted by Crippen LogP contribution is 2.30. The summed E-state index contributed by atoms with van der Waals surface area (Å²) in [7, 11) is 5.35. The van der Waals surface area contributed by atoms with E-state index in [0.717, 1.165) is 29.8 Å². The van der Waals surface area contributed by atoms with Gasteiger partial charge in [-0.3, -0.25) is 19.0 Å². The molecule has 1 saturated carbocycles. The van der Waals surface area contributed by atoms with Crippen LogP contribution in [0.1, 0.15) is 40.3 Å². The second-order valence-corrected chi connectivity index (χ2v) is 6.74. The third-order valence-electron chi connectivity index (χ3n) is 4.70. The number of amides is 2. The number of nitrogens with zero attached hydrogens (tertiary/aromatic N) is 5. The van der Waals surface area contributed by atoms with E-state index in [1.165, 1.54) is 4.68 Å². The average Bonchev–Trinajstić information content (AvgIpc) is 3.31. The zero-order chi connectivity index (χ0) is 18.3. The Morgan fingerprint density at radius 3 is 2.48 bits per heavy atom. The van der Waals surface area contributed by atoms with E-state index in [-0.39, 0.29) is 17.7 Å². The maximum Gasteiger partial charge on any atom is 0.274 e. The fourth-order valence-corrected chi connectivity index (χ4v) is 2.81. The highest BCUT2D eigenvalue weighted by molar-refractivity contribution is 5.96.